The second kappa shape index (κ2) is 9.87. The zero-order valence-electron chi connectivity index (χ0n) is 17.7. The largest absolute Gasteiger partial charge is 0.352 e. The lowest BCUT2D eigenvalue weighted by Crippen LogP contribution is -2.39. The molecule has 1 aliphatic heterocycles. The molecule has 1 fully saturated rings. The van der Waals surface area contributed by atoms with Crippen LogP contribution in [0.15, 0.2) is 41.6 Å². The monoisotopic (exact) mass is 525 g/mol. The van der Waals surface area contributed by atoms with Gasteiger partial charge in [-0.1, -0.05) is 23.2 Å². The summed E-state index contributed by atoms with van der Waals surface area (Å²) in [5, 5.41) is 11.5. The molecule has 0 radical (unpaired) electrons. The maximum absolute atomic E-state index is 13.3. The van der Waals surface area contributed by atoms with Crippen LogP contribution in [0.25, 0.3) is 0 Å². The average Bonchev–Trinajstić information content (AvgIpc) is 3.51. The Morgan fingerprint density at radius 1 is 1.21 bits per heavy atom. The summed E-state index contributed by atoms with van der Waals surface area (Å²) in [6.45, 7) is 0.542. The summed E-state index contributed by atoms with van der Waals surface area (Å²) in [6, 6.07) is 6.64. The first-order valence-corrected chi connectivity index (χ1v) is 12.8. The number of anilines is 2. The van der Waals surface area contributed by atoms with Gasteiger partial charge < -0.3 is 10.6 Å². The first-order chi connectivity index (χ1) is 16.1. The van der Waals surface area contributed by atoms with Gasteiger partial charge in [0.2, 0.25) is 5.91 Å². The van der Waals surface area contributed by atoms with E-state index < -0.39 is 27.8 Å². The second-order valence-corrected chi connectivity index (χ2v) is 10.4. The van der Waals surface area contributed by atoms with Crippen LogP contribution >= 0.6 is 23.2 Å². The van der Waals surface area contributed by atoms with Crippen molar-refractivity contribution < 1.29 is 22.6 Å². The van der Waals surface area contributed by atoms with E-state index in [0.29, 0.717) is 17.5 Å². The fourth-order valence-corrected chi connectivity index (χ4v) is 4.48. The number of carbonyl (C=O) groups excluding carboxylic acids is 2. The minimum absolute atomic E-state index is 0.0582. The fraction of sp³-hybridized carbons (Fsp3) is 0.333. The van der Waals surface area contributed by atoms with Gasteiger partial charge in [0.15, 0.2) is 5.82 Å². The number of halogens is 2. The van der Waals surface area contributed by atoms with E-state index >= 15 is 0 Å². The molecular formula is C21H21Cl2N5O5S. The van der Waals surface area contributed by atoms with Crippen molar-refractivity contribution in [1.29, 1.82) is 0 Å². The Balaban J connectivity index is 1.59. The molecule has 1 aromatic heterocycles. The highest BCUT2D eigenvalue weighted by molar-refractivity contribution is 7.86. The number of rotatable bonds is 8. The normalized spacial score (nSPS) is 17.9. The minimum atomic E-state index is -4.37. The van der Waals surface area contributed by atoms with Crippen molar-refractivity contribution in [3.8, 4) is 0 Å². The Hall–Kier alpha value is -2.73. The molecule has 0 saturated heterocycles. The number of carbonyl (C=O) groups is 2. The molecule has 0 bridgehead atoms. The third kappa shape index (κ3) is 6.03. The van der Waals surface area contributed by atoms with Gasteiger partial charge in [-0.2, -0.15) is 13.5 Å². The maximum atomic E-state index is 13.3. The van der Waals surface area contributed by atoms with Crippen molar-refractivity contribution in [2.75, 3.05) is 22.6 Å². The molecule has 2 heterocycles. The van der Waals surface area contributed by atoms with Crippen molar-refractivity contribution in [3.05, 3.63) is 52.1 Å². The first-order valence-electron chi connectivity index (χ1n) is 10.4. The van der Waals surface area contributed by atoms with E-state index in [2.05, 4.69) is 20.7 Å². The number of hydrazone groups is 1. The van der Waals surface area contributed by atoms with Gasteiger partial charge >= 0.3 is 0 Å². The molecule has 180 valence electrons. The summed E-state index contributed by atoms with van der Waals surface area (Å²) >= 11 is 12.3. The highest BCUT2D eigenvalue weighted by atomic mass is 35.5. The number of benzene rings is 1. The van der Waals surface area contributed by atoms with E-state index in [4.69, 9.17) is 23.2 Å². The summed E-state index contributed by atoms with van der Waals surface area (Å²) in [7, 11) is -4.37. The molecule has 2 amide bonds. The zero-order valence-corrected chi connectivity index (χ0v) is 20.1. The molecule has 34 heavy (non-hydrogen) atoms. The van der Waals surface area contributed by atoms with E-state index in [9.17, 15) is 22.6 Å². The van der Waals surface area contributed by atoms with Crippen LogP contribution in [0.5, 0.6) is 0 Å². The van der Waals surface area contributed by atoms with Gasteiger partial charge in [-0.3, -0.25) is 14.1 Å². The molecule has 4 rings (SSSR count). The third-order valence-corrected chi connectivity index (χ3v) is 6.54. The van der Waals surface area contributed by atoms with Crippen LogP contribution in [0.1, 0.15) is 29.6 Å². The SMILES string of the molecule is O=C(NCC1CC1)c1cc(Cl)ccc1NC(=O)C1CC(CS(=O)(=O)O)=NN1c1ncccc1Cl. The van der Waals surface area contributed by atoms with Crippen LogP contribution in [-0.2, 0) is 14.9 Å². The Morgan fingerprint density at radius 2 is 1.97 bits per heavy atom. The van der Waals surface area contributed by atoms with E-state index in [1.54, 1.807) is 12.1 Å². The predicted molar refractivity (Wildman–Crippen MR) is 129 cm³/mol. The molecule has 1 unspecified atom stereocenters. The Labute approximate surface area is 206 Å². The number of hydrogen-bond donors (Lipinski definition) is 3. The highest BCUT2D eigenvalue weighted by Crippen LogP contribution is 2.31. The molecular weight excluding hydrogens is 505 g/mol. The third-order valence-electron chi connectivity index (χ3n) is 5.31. The Bertz CT molecular complexity index is 1270. The van der Waals surface area contributed by atoms with Gasteiger partial charge in [0.1, 0.15) is 11.8 Å². The fourth-order valence-electron chi connectivity index (χ4n) is 3.50. The van der Waals surface area contributed by atoms with Gasteiger partial charge in [0.25, 0.3) is 16.0 Å². The van der Waals surface area contributed by atoms with Gasteiger partial charge in [-0.05, 0) is 49.1 Å². The number of amides is 2. The van der Waals surface area contributed by atoms with Crippen molar-refractivity contribution >= 4 is 62.4 Å². The Morgan fingerprint density at radius 3 is 2.65 bits per heavy atom. The van der Waals surface area contributed by atoms with Crippen molar-refractivity contribution in [3.63, 3.8) is 0 Å². The predicted octanol–water partition coefficient (Wildman–Crippen LogP) is 2.99. The molecule has 1 aromatic carbocycles. The van der Waals surface area contributed by atoms with E-state index in [1.165, 1.54) is 29.4 Å². The molecule has 1 atom stereocenters. The average molecular weight is 526 g/mol. The summed E-state index contributed by atoms with van der Waals surface area (Å²) in [5.74, 6) is -1.07. The van der Waals surface area contributed by atoms with Crippen LogP contribution in [-0.4, -0.2) is 53.8 Å². The molecule has 1 aliphatic carbocycles. The number of aromatic nitrogens is 1. The summed E-state index contributed by atoms with van der Waals surface area (Å²) in [4.78, 5) is 30.1. The lowest BCUT2D eigenvalue weighted by Gasteiger charge is -2.23. The molecule has 0 spiro atoms. The lowest BCUT2D eigenvalue weighted by atomic mass is 10.1. The maximum Gasteiger partial charge on any atom is 0.270 e. The van der Waals surface area contributed by atoms with Crippen LogP contribution < -0.4 is 15.6 Å². The molecule has 1 saturated carbocycles. The van der Waals surface area contributed by atoms with Gasteiger partial charge in [0, 0.05) is 24.2 Å². The summed E-state index contributed by atoms with van der Waals surface area (Å²) in [5.41, 5.74) is 0.488. The van der Waals surface area contributed by atoms with Crippen LogP contribution in [0.3, 0.4) is 0 Å². The van der Waals surface area contributed by atoms with Crippen LogP contribution in [0.2, 0.25) is 10.0 Å². The smallest absolute Gasteiger partial charge is 0.270 e. The standard InChI is InChI=1S/C21H21Cl2N5O5S/c22-13-5-6-17(15(8-13)20(29)25-10-12-3-4-12)26-21(30)18-9-14(11-34(31,32)33)27-28(18)19-16(23)2-1-7-24-19/h1-2,5-8,12,18H,3-4,9-11H2,(H,25,29)(H,26,30)(H,31,32,33). The van der Waals surface area contributed by atoms with Crippen molar-refractivity contribution in [2.45, 2.75) is 25.3 Å². The topological polar surface area (TPSA) is 141 Å². The van der Waals surface area contributed by atoms with Gasteiger partial charge in [0.05, 0.1) is 22.0 Å². The minimum Gasteiger partial charge on any atom is -0.352 e. The molecule has 3 N–H and O–H groups in total. The van der Waals surface area contributed by atoms with E-state index in [0.717, 1.165) is 12.8 Å². The zero-order chi connectivity index (χ0) is 24.5. The lowest BCUT2D eigenvalue weighted by molar-refractivity contribution is -0.117. The van der Waals surface area contributed by atoms with Crippen LogP contribution in [0.4, 0.5) is 11.5 Å². The molecule has 2 aromatic rings. The highest BCUT2D eigenvalue weighted by Gasteiger charge is 2.37. The summed E-state index contributed by atoms with van der Waals surface area (Å²) in [6.07, 6.45) is 3.49. The molecule has 2 aliphatic rings. The molecule has 13 heteroatoms. The van der Waals surface area contributed by atoms with Gasteiger partial charge in [-0.15, -0.1) is 0 Å². The molecule has 10 nitrogen and oxygen atoms in total. The number of nitrogens with zero attached hydrogens (tertiary/aromatic N) is 3. The van der Waals surface area contributed by atoms with Gasteiger partial charge in [-0.25, -0.2) is 9.99 Å². The number of hydrogen-bond acceptors (Lipinski definition) is 7. The van der Waals surface area contributed by atoms with E-state index in [-0.39, 0.29) is 40.1 Å². The second-order valence-electron chi connectivity index (χ2n) is 8.10. The van der Waals surface area contributed by atoms with Crippen molar-refractivity contribution in [2.24, 2.45) is 11.0 Å². The Kier molecular flexibility index (Phi) is 7.08. The number of nitrogens with one attached hydrogen (secondary N) is 2. The van der Waals surface area contributed by atoms with Crippen LogP contribution in [0, 0.1) is 5.92 Å². The quantitative estimate of drug-likeness (QED) is 0.449. The summed E-state index contributed by atoms with van der Waals surface area (Å²) < 4.78 is 32.0. The number of pyridine rings is 1. The van der Waals surface area contributed by atoms with E-state index in [1.807, 2.05) is 0 Å². The first kappa shape index (κ1) is 24.4. The van der Waals surface area contributed by atoms with Crippen molar-refractivity contribution in [1.82, 2.24) is 10.3 Å².